The first-order chi connectivity index (χ1) is 33.7. The van der Waals surface area contributed by atoms with Crippen molar-refractivity contribution in [2.75, 3.05) is 68.1 Å². The predicted octanol–water partition coefficient (Wildman–Crippen LogP) is 9.06. The van der Waals surface area contributed by atoms with Crippen LogP contribution in [0.15, 0.2) is 125 Å². The molecule has 1 heterocycles. The van der Waals surface area contributed by atoms with Crippen LogP contribution >= 0.6 is 23.4 Å². The van der Waals surface area contributed by atoms with Crippen LogP contribution in [0.25, 0.3) is 11.1 Å². The van der Waals surface area contributed by atoms with Crippen molar-refractivity contribution < 1.29 is 32.9 Å². The molecule has 1 aliphatic heterocycles. The van der Waals surface area contributed by atoms with Crippen LogP contribution in [-0.2, 0) is 26.2 Å². The Bertz CT molecular complexity index is 2670. The quantitative estimate of drug-likeness (QED) is 0.0122. The van der Waals surface area contributed by atoms with Gasteiger partial charge in [0.2, 0.25) is 11.8 Å². The highest BCUT2D eigenvalue weighted by Crippen LogP contribution is 2.33. The summed E-state index contributed by atoms with van der Waals surface area (Å²) in [6, 6.07) is 34.0. The molecule has 3 amide bonds. The van der Waals surface area contributed by atoms with Gasteiger partial charge in [0.1, 0.15) is 5.69 Å². The third-order valence-electron chi connectivity index (χ3n) is 12.0. The molecule has 372 valence electrons. The number of sulfonamides is 1. The number of carbonyl (C=O) groups is 3. The highest BCUT2D eigenvalue weighted by molar-refractivity contribution is 7.99. The maximum Gasteiger partial charge on any atom is 0.293 e. The molecule has 0 radical (unpaired) electrons. The van der Waals surface area contributed by atoms with Crippen molar-refractivity contribution in [3.05, 3.63) is 142 Å². The molecule has 1 fully saturated rings. The van der Waals surface area contributed by atoms with E-state index in [1.54, 1.807) is 23.3 Å². The van der Waals surface area contributed by atoms with Crippen LogP contribution in [0.2, 0.25) is 5.02 Å². The van der Waals surface area contributed by atoms with Crippen LogP contribution in [-0.4, -0.2) is 105 Å². The normalized spacial score (nSPS) is 13.4. The minimum absolute atomic E-state index is 0.0490. The number of hydrogen-bond donors (Lipinski definition) is 5. The van der Waals surface area contributed by atoms with Gasteiger partial charge in [-0.05, 0) is 123 Å². The summed E-state index contributed by atoms with van der Waals surface area (Å²) in [7, 11) is -0.719. The second kappa shape index (κ2) is 26.3. The van der Waals surface area contributed by atoms with Gasteiger partial charge in [0, 0.05) is 73.2 Å². The summed E-state index contributed by atoms with van der Waals surface area (Å²) in [5.74, 6) is -1.01. The van der Waals surface area contributed by atoms with Crippen molar-refractivity contribution in [3.63, 3.8) is 0 Å². The summed E-state index contributed by atoms with van der Waals surface area (Å²) in [5, 5.41) is 28.1. The number of carbonyl (C=O) groups excluding carboxylic acids is 3. The number of piperazine rings is 1. The zero-order valence-electron chi connectivity index (χ0n) is 39.4. The average Bonchev–Trinajstić information content (AvgIpc) is 3.35. The first-order valence-electron chi connectivity index (χ1n) is 23.3. The number of nitro benzene ring substituents is 1. The first-order valence-corrected chi connectivity index (χ1v) is 26.2. The molecule has 0 aliphatic carbocycles. The third kappa shape index (κ3) is 16.0. The molecule has 16 nitrogen and oxygen atoms in total. The topological polar surface area (TPSA) is 207 Å². The van der Waals surface area contributed by atoms with Crippen LogP contribution in [0.3, 0.4) is 0 Å². The maximum absolute atomic E-state index is 13.8. The second-order valence-electron chi connectivity index (χ2n) is 17.4. The Balaban J connectivity index is 1.16. The fourth-order valence-electron chi connectivity index (χ4n) is 8.15. The maximum atomic E-state index is 13.8. The number of rotatable bonds is 25. The van der Waals surface area contributed by atoms with Gasteiger partial charge >= 0.3 is 0 Å². The van der Waals surface area contributed by atoms with Crippen LogP contribution in [0.1, 0.15) is 67.3 Å². The van der Waals surface area contributed by atoms with Crippen molar-refractivity contribution in [3.8, 4) is 11.1 Å². The lowest BCUT2D eigenvalue weighted by molar-refractivity contribution is -0.384. The number of hydrogen-bond acceptors (Lipinski definition) is 13. The summed E-state index contributed by atoms with van der Waals surface area (Å²) < 4.78 is 29.6. The van der Waals surface area contributed by atoms with Crippen LogP contribution in [0, 0.1) is 10.1 Å². The summed E-state index contributed by atoms with van der Waals surface area (Å²) in [6.07, 6.45) is 4.13. The van der Waals surface area contributed by atoms with Gasteiger partial charge < -0.3 is 20.4 Å². The van der Waals surface area contributed by atoms with E-state index in [9.17, 15) is 32.9 Å². The number of nitro groups is 1. The lowest BCUT2D eigenvalue weighted by Crippen LogP contribution is -2.46. The molecule has 5 aromatic rings. The lowest BCUT2D eigenvalue weighted by Gasteiger charge is -2.37. The zero-order valence-corrected chi connectivity index (χ0v) is 41.8. The Kier molecular flexibility index (Phi) is 20.0. The average molecular weight is 1010 g/mol. The molecule has 0 bridgehead atoms. The largest absolute Gasteiger partial charge is 0.377 e. The molecule has 5 N–H and O–H groups in total. The number of nitrogens with zero attached hydrogens (tertiary/aromatic N) is 4. The summed E-state index contributed by atoms with van der Waals surface area (Å²) in [4.78, 5) is 57.5. The molecule has 0 unspecified atom stereocenters. The fraction of sp³-hybridized carbons (Fsp3) is 0.353. The molecule has 70 heavy (non-hydrogen) atoms. The number of unbranched alkanes of at least 4 members (excludes halogenated alkanes) is 3. The second-order valence-corrected chi connectivity index (χ2v) is 20.7. The van der Waals surface area contributed by atoms with E-state index in [4.69, 9.17) is 16.8 Å². The fourth-order valence-corrected chi connectivity index (χ4v) is 10.3. The summed E-state index contributed by atoms with van der Waals surface area (Å²) in [6.45, 7) is 4.02. The minimum atomic E-state index is -4.61. The number of amides is 3. The van der Waals surface area contributed by atoms with Gasteiger partial charge in [-0.3, -0.25) is 34.6 Å². The third-order valence-corrected chi connectivity index (χ3v) is 14.6. The standard InChI is InChI=1S/C51H61ClN8O8S2/c1-57(2)28-26-41(27-33-69-42-13-6-5-7-14-42)53-45-24-23-43(35-48(45)60(65)66)70(67,68)56-51(63)38-20-25-47(46(34-38)54-49(61)16-8-3-4-9-17-50(62)55-64)59-31-29-58(30-32-59)36-39-12-10-11-15-44(39)37-18-21-40(52)22-19-37/h5-7,10-15,18-25,34-35,41,53,64H,3-4,8-9,16-17,26-33,36H2,1-2H3,(H,54,61)(H,55,62)(H,56,63)/t41-/m1/s1. The van der Waals surface area contributed by atoms with Crippen LogP contribution < -0.4 is 25.7 Å². The molecule has 19 heteroatoms. The monoisotopic (exact) mass is 1010 g/mol. The Morgan fingerprint density at radius 2 is 1.50 bits per heavy atom. The highest BCUT2D eigenvalue weighted by atomic mass is 35.5. The molecular formula is C51H61ClN8O8S2. The van der Waals surface area contributed by atoms with E-state index >= 15 is 0 Å². The molecule has 6 rings (SSSR count). The minimum Gasteiger partial charge on any atom is -0.377 e. The van der Waals surface area contributed by atoms with E-state index in [0.717, 1.165) is 34.4 Å². The van der Waals surface area contributed by atoms with Gasteiger partial charge in [-0.1, -0.05) is 79.0 Å². The van der Waals surface area contributed by atoms with Crippen LogP contribution in [0.4, 0.5) is 22.7 Å². The van der Waals surface area contributed by atoms with Gasteiger partial charge in [0.25, 0.3) is 21.6 Å². The number of hydroxylamine groups is 1. The van der Waals surface area contributed by atoms with Crippen LogP contribution in [0.5, 0.6) is 0 Å². The highest BCUT2D eigenvalue weighted by Gasteiger charge is 2.27. The van der Waals surface area contributed by atoms with Crippen molar-refractivity contribution in [2.24, 2.45) is 0 Å². The summed E-state index contributed by atoms with van der Waals surface area (Å²) in [5.41, 5.74) is 5.63. The van der Waals surface area contributed by atoms with E-state index in [1.165, 1.54) is 29.8 Å². The van der Waals surface area contributed by atoms with Crippen molar-refractivity contribution in [1.29, 1.82) is 0 Å². The van der Waals surface area contributed by atoms with Crippen molar-refractivity contribution >= 4 is 73.9 Å². The Hall–Kier alpha value is -6.02. The molecule has 0 aromatic heterocycles. The first kappa shape index (κ1) is 53.3. The van der Waals surface area contributed by atoms with Crippen molar-refractivity contribution in [2.45, 2.75) is 73.7 Å². The smallest absolute Gasteiger partial charge is 0.293 e. The van der Waals surface area contributed by atoms with E-state index in [1.807, 2.05) is 85.7 Å². The number of benzene rings is 5. The SMILES string of the molecule is CN(C)CC[C@H](CCSc1ccccc1)Nc1ccc(S(=O)(=O)NC(=O)c2ccc(N3CCN(Cc4ccccc4-c4ccc(Cl)cc4)CC3)c(NC(=O)CCCCCCC(=O)NO)c2)cc1[N+](=O)[O-]. The Labute approximate surface area is 419 Å². The number of nitrogens with one attached hydrogen (secondary N) is 4. The van der Waals surface area contributed by atoms with Gasteiger partial charge in [-0.2, -0.15) is 0 Å². The molecular weight excluding hydrogens is 952 g/mol. The van der Waals surface area contributed by atoms with E-state index in [0.29, 0.717) is 87.6 Å². The molecule has 1 aliphatic rings. The number of anilines is 3. The van der Waals surface area contributed by atoms with Gasteiger partial charge in [0.05, 0.1) is 21.2 Å². The van der Waals surface area contributed by atoms with E-state index in [2.05, 4.69) is 37.3 Å². The molecule has 5 aromatic carbocycles. The molecule has 1 saturated heterocycles. The molecule has 0 saturated carbocycles. The predicted molar refractivity (Wildman–Crippen MR) is 277 cm³/mol. The van der Waals surface area contributed by atoms with E-state index in [-0.39, 0.29) is 36.0 Å². The van der Waals surface area contributed by atoms with Gasteiger partial charge in [0.15, 0.2) is 0 Å². The van der Waals surface area contributed by atoms with Gasteiger partial charge in [-0.15, -0.1) is 11.8 Å². The van der Waals surface area contributed by atoms with Gasteiger partial charge in [-0.25, -0.2) is 18.6 Å². The lowest BCUT2D eigenvalue weighted by atomic mass is 9.99. The Morgan fingerprint density at radius 1 is 0.814 bits per heavy atom. The summed E-state index contributed by atoms with van der Waals surface area (Å²) >= 11 is 7.85. The Morgan fingerprint density at radius 3 is 2.19 bits per heavy atom. The zero-order chi connectivity index (χ0) is 50.0. The number of thioether (sulfide) groups is 1. The molecule has 1 atom stereocenters. The number of halogens is 1. The van der Waals surface area contributed by atoms with E-state index < -0.39 is 37.3 Å². The van der Waals surface area contributed by atoms with Crippen molar-refractivity contribution in [1.82, 2.24) is 20.0 Å². The molecule has 0 spiro atoms.